The van der Waals surface area contributed by atoms with E-state index in [1.54, 1.807) is 43.5 Å². The van der Waals surface area contributed by atoms with Gasteiger partial charge in [-0.2, -0.15) is 5.26 Å². The SMILES string of the molecule is COCC(C)NC(=O)C(NC(=O)c1ccc(-c2ccc(C#N)cc2)o1)C1CCCCC1. The summed E-state index contributed by atoms with van der Waals surface area (Å²) in [5.74, 6) is 0.175. The van der Waals surface area contributed by atoms with Crippen LogP contribution in [0.15, 0.2) is 40.8 Å². The molecule has 2 amide bonds. The summed E-state index contributed by atoms with van der Waals surface area (Å²) in [5, 5.41) is 14.8. The number of ether oxygens (including phenoxy) is 1. The van der Waals surface area contributed by atoms with Gasteiger partial charge in [0.1, 0.15) is 11.8 Å². The van der Waals surface area contributed by atoms with Crippen molar-refractivity contribution in [3.8, 4) is 17.4 Å². The molecule has 1 heterocycles. The standard InChI is InChI=1S/C24H29N3O4/c1-16(15-30-2)26-24(29)22(19-6-4-3-5-7-19)27-23(28)21-13-12-20(31-21)18-10-8-17(14-25)9-11-18/h8-13,16,19,22H,3-7,15H2,1-2H3,(H,26,29)(H,27,28). The van der Waals surface area contributed by atoms with Crippen molar-refractivity contribution < 1.29 is 18.7 Å². The first-order valence-corrected chi connectivity index (χ1v) is 10.7. The summed E-state index contributed by atoms with van der Waals surface area (Å²) >= 11 is 0. The highest BCUT2D eigenvalue weighted by Gasteiger charge is 2.32. The Morgan fingerprint density at radius 1 is 1.13 bits per heavy atom. The largest absolute Gasteiger partial charge is 0.451 e. The predicted octanol–water partition coefficient (Wildman–Crippen LogP) is 3.65. The number of carbonyl (C=O) groups is 2. The highest BCUT2D eigenvalue weighted by molar-refractivity contribution is 5.96. The number of nitriles is 1. The second kappa shape index (κ2) is 10.8. The van der Waals surface area contributed by atoms with E-state index < -0.39 is 11.9 Å². The molecule has 0 bridgehead atoms. The third kappa shape index (κ3) is 5.96. The van der Waals surface area contributed by atoms with Gasteiger partial charge in [0.15, 0.2) is 5.76 Å². The van der Waals surface area contributed by atoms with Crippen molar-refractivity contribution in [2.75, 3.05) is 13.7 Å². The molecule has 2 N–H and O–H groups in total. The smallest absolute Gasteiger partial charge is 0.287 e. The fourth-order valence-electron chi connectivity index (χ4n) is 4.03. The first kappa shape index (κ1) is 22.6. The fraction of sp³-hybridized carbons (Fsp3) is 0.458. The van der Waals surface area contributed by atoms with Crippen molar-refractivity contribution in [3.05, 3.63) is 47.7 Å². The van der Waals surface area contributed by atoms with E-state index in [9.17, 15) is 9.59 Å². The van der Waals surface area contributed by atoms with E-state index in [4.69, 9.17) is 14.4 Å². The highest BCUT2D eigenvalue weighted by atomic mass is 16.5. The van der Waals surface area contributed by atoms with Gasteiger partial charge in [-0.15, -0.1) is 0 Å². The van der Waals surface area contributed by atoms with Crippen molar-refractivity contribution in [1.82, 2.24) is 10.6 Å². The second-order valence-electron chi connectivity index (χ2n) is 8.07. The van der Waals surface area contributed by atoms with Gasteiger partial charge in [0.25, 0.3) is 5.91 Å². The zero-order chi connectivity index (χ0) is 22.2. The Balaban J connectivity index is 1.72. The lowest BCUT2D eigenvalue weighted by atomic mass is 9.83. The maximum atomic E-state index is 12.9. The van der Waals surface area contributed by atoms with E-state index in [-0.39, 0.29) is 23.6 Å². The van der Waals surface area contributed by atoms with Gasteiger partial charge in [-0.3, -0.25) is 9.59 Å². The average Bonchev–Trinajstić information content (AvgIpc) is 3.28. The molecule has 7 heteroatoms. The molecule has 1 aliphatic carbocycles. The maximum Gasteiger partial charge on any atom is 0.287 e. The third-order valence-electron chi connectivity index (χ3n) is 5.62. The summed E-state index contributed by atoms with van der Waals surface area (Å²) in [6.45, 7) is 2.28. The summed E-state index contributed by atoms with van der Waals surface area (Å²) in [6.07, 6.45) is 5.09. The van der Waals surface area contributed by atoms with Crippen molar-refractivity contribution in [2.45, 2.75) is 51.1 Å². The van der Waals surface area contributed by atoms with Gasteiger partial charge in [0, 0.05) is 18.7 Å². The Labute approximate surface area is 182 Å². The summed E-state index contributed by atoms with van der Waals surface area (Å²) < 4.78 is 10.9. The molecule has 0 spiro atoms. The molecular weight excluding hydrogens is 394 g/mol. The zero-order valence-corrected chi connectivity index (χ0v) is 18.0. The Morgan fingerprint density at radius 3 is 2.48 bits per heavy atom. The van der Waals surface area contributed by atoms with Crippen LogP contribution < -0.4 is 10.6 Å². The first-order valence-electron chi connectivity index (χ1n) is 10.7. The van der Waals surface area contributed by atoms with E-state index in [0.29, 0.717) is 17.9 Å². The number of methoxy groups -OCH3 is 1. The molecule has 2 unspecified atom stereocenters. The van der Waals surface area contributed by atoms with E-state index in [0.717, 1.165) is 37.7 Å². The highest BCUT2D eigenvalue weighted by Crippen LogP contribution is 2.27. The molecule has 1 aliphatic rings. The van der Waals surface area contributed by atoms with Gasteiger partial charge in [-0.25, -0.2) is 0 Å². The molecule has 1 fully saturated rings. The number of hydrogen-bond acceptors (Lipinski definition) is 5. The lowest BCUT2D eigenvalue weighted by Crippen LogP contribution is -2.53. The molecule has 0 radical (unpaired) electrons. The molecule has 1 saturated carbocycles. The normalized spacial score (nSPS) is 16.2. The quantitative estimate of drug-likeness (QED) is 0.674. The number of nitrogens with zero attached hydrogens (tertiary/aromatic N) is 1. The van der Waals surface area contributed by atoms with Crippen LogP contribution in [0, 0.1) is 17.2 Å². The minimum Gasteiger partial charge on any atom is -0.451 e. The molecule has 7 nitrogen and oxygen atoms in total. The van der Waals surface area contributed by atoms with Crippen LogP contribution >= 0.6 is 0 Å². The molecule has 0 saturated heterocycles. The van der Waals surface area contributed by atoms with Gasteiger partial charge in [0.05, 0.1) is 18.2 Å². The van der Waals surface area contributed by atoms with E-state index in [1.165, 1.54) is 0 Å². The van der Waals surface area contributed by atoms with Crippen LogP contribution in [0.4, 0.5) is 0 Å². The lowest BCUT2D eigenvalue weighted by molar-refractivity contribution is -0.125. The topological polar surface area (TPSA) is 104 Å². The van der Waals surface area contributed by atoms with Gasteiger partial charge < -0.3 is 19.8 Å². The van der Waals surface area contributed by atoms with Crippen LogP contribution in [0.2, 0.25) is 0 Å². The van der Waals surface area contributed by atoms with E-state index in [2.05, 4.69) is 16.7 Å². The van der Waals surface area contributed by atoms with Crippen LogP contribution in [0.1, 0.15) is 55.1 Å². The van der Waals surface area contributed by atoms with Crippen LogP contribution in [0.5, 0.6) is 0 Å². The van der Waals surface area contributed by atoms with Gasteiger partial charge in [0.2, 0.25) is 5.91 Å². The van der Waals surface area contributed by atoms with E-state index >= 15 is 0 Å². The second-order valence-corrected chi connectivity index (χ2v) is 8.07. The molecule has 0 aliphatic heterocycles. The summed E-state index contributed by atoms with van der Waals surface area (Å²) in [4.78, 5) is 25.8. The summed E-state index contributed by atoms with van der Waals surface area (Å²) in [6, 6.07) is 11.6. The number of carbonyl (C=O) groups excluding carboxylic acids is 2. The molecule has 31 heavy (non-hydrogen) atoms. The fourth-order valence-corrected chi connectivity index (χ4v) is 4.03. The van der Waals surface area contributed by atoms with Gasteiger partial charge in [-0.1, -0.05) is 19.3 Å². The Bertz CT molecular complexity index is 923. The number of rotatable bonds is 8. The van der Waals surface area contributed by atoms with Crippen LogP contribution in [-0.2, 0) is 9.53 Å². The minimum absolute atomic E-state index is 0.0976. The Morgan fingerprint density at radius 2 is 1.84 bits per heavy atom. The van der Waals surface area contributed by atoms with E-state index in [1.807, 2.05) is 6.92 Å². The van der Waals surface area contributed by atoms with Crippen molar-refractivity contribution >= 4 is 11.8 Å². The number of furan rings is 1. The molecule has 3 rings (SSSR count). The average molecular weight is 424 g/mol. The summed E-state index contributed by atoms with van der Waals surface area (Å²) in [7, 11) is 1.59. The molecule has 164 valence electrons. The zero-order valence-electron chi connectivity index (χ0n) is 18.0. The number of amides is 2. The number of nitrogens with one attached hydrogen (secondary N) is 2. The van der Waals surface area contributed by atoms with Gasteiger partial charge in [-0.05, 0) is 62.1 Å². The first-order chi connectivity index (χ1) is 15.0. The molecule has 1 aromatic heterocycles. The Kier molecular flexibility index (Phi) is 7.85. The number of benzene rings is 1. The van der Waals surface area contributed by atoms with Crippen molar-refractivity contribution in [2.24, 2.45) is 5.92 Å². The molecule has 2 atom stereocenters. The number of hydrogen-bond donors (Lipinski definition) is 2. The minimum atomic E-state index is -0.615. The van der Waals surface area contributed by atoms with Crippen LogP contribution in [0.3, 0.4) is 0 Å². The predicted molar refractivity (Wildman–Crippen MR) is 116 cm³/mol. The van der Waals surface area contributed by atoms with Gasteiger partial charge >= 0.3 is 0 Å². The van der Waals surface area contributed by atoms with Crippen molar-refractivity contribution in [1.29, 1.82) is 5.26 Å². The maximum absolute atomic E-state index is 12.9. The molecule has 1 aromatic carbocycles. The van der Waals surface area contributed by atoms with Crippen LogP contribution in [-0.4, -0.2) is 37.6 Å². The molecular formula is C24H29N3O4. The third-order valence-corrected chi connectivity index (χ3v) is 5.62. The Hall–Kier alpha value is -3.11. The summed E-state index contributed by atoms with van der Waals surface area (Å²) in [5.41, 5.74) is 1.32. The van der Waals surface area contributed by atoms with Crippen LogP contribution in [0.25, 0.3) is 11.3 Å². The van der Waals surface area contributed by atoms with Crippen molar-refractivity contribution in [3.63, 3.8) is 0 Å². The lowest BCUT2D eigenvalue weighted by Gasteiger charge is -2.30. The monoisotopic (exact) mass is 423 g/mol. The molecule has 2 aromatic rings.